The minimum atomic E-state index is -4.31. The van der Waals surface area contributed by atoms with Gasteiger partial charge in [-0.25, -0.2) is 0 Å². The first kappa shape index (κ1) is 15.4. The molecular formula is C16H18F3NO2S. The molecule has 0 aromatic heterocycles. The van der Waals surface area contributed by atoms with Crippen molar-refractivity contribution in [2.24, 2.45) is 0 Å². The molecule has 0 bridgehead atoms. The number of hydrogen-bond acceptors (Lipinski definition) is 4. The maximum Gasteiger partial charge on any atom is 0.446 e. The lowest BCUT2D eigenvalue weighted by atomic mass is 9.94. The predicted octanol–water partition coefficient (Wildman–Crippen LogP) is 3.46. The average molecular weight is 345 g/mol. The fourth-order valence-corrected chi connectivity index (χ4v) is 4.60. The highest BCUT2D eigenvalue weighted by Crippen LogP contribution is 2.52. The molecular weight excluding hydrogens is 327 g/mol. The summed E-state index contributed by atoms with van der Waals surface area (Å²) >= 11 is -0.0577. The summed E-state index contributed by atoms with van der Waals surface area (Å²) in [6.07, 6.45) is 4.25. The lowest BCUT2D eigenvalue weighted by Crippen LogP contribution is -2.24. The molecule has 1 aromatic carbocycles. The van der Waals surface area contributed by atoms with Gasteiger partial charge in [0.15, 0.2) is 0 Å². The van der Waals surface area contributed by atoms with Crippen LogP contribution in [0.15, 0.2) is 4.90 Å². The number of fused-ring (bicyclic) bond motifs is 2. The highest BCUT2D eigenvalue weighted by molar-refractivity contribution is 8.00. The van der Waals surface area contributed by atoms with Gasteiger partial charge in [-0.05, 0) is 37.6 Å². The topological polar surface area (TPSA) is 30.5 Å². The third-order valence-corrected chi connectivity index (χ3v) is 5.56. The predicted molar refractivity (Wildman–Crippen MR) is 81.5 cm³/mol. The van der Waals surface area contributed by atoms with Crippen LogP contribution >= 0.6 is 11.8 Å². The maximum absolute atomic E-state index is 13.0. The Hall–Kier alpha value is -1.08. The van der Waals surface area contributed by atoms with Crippen molar-refractivity contribution in [3.63, 3.8) is 0 Å². The normalized spacial score (nSPS) is 22.7. The summed E-state index contributed by atoms with van der Waals surface area (Å²) in [5.41, 5.74) is -1.65. The van der Waals surface area contributed by atoms with E-state index in [0.29, 0.717) is 49.2 Å². The highest BCUT2D eigenvalue weighted by atomic mass is 32.2. The zero-order valence-electron chi connectivity index (χ0n) is 12.6. The molecule has 1 N–H and O–H groups in total. The van der Waals surface area contributed by atoms with Crippen LogP contribution in [0.4, 0.5) is 13.2 Å². The first-order chi connectivity index (χ1) is 11.0. The molecule has 3 aliphatic rings. The van der Waals surface area contributed by atoms with E-state index in [1.165, 1.54) is 0 Å². The van der Waals surface area contributed by atoms with Gasteiger partial charge in [-0.2, -0.15) is 13.2 Å². The fourth-order valence-electron chi connectivity index (χ4n) is 3.78. The molecule has 4 rings (SSSR count). The molecule has 1 unspecified atom stereocenters. The van der Waals surface area contributed by atoms with Gasteiger partial charge in [0.05, 0.1) is 18.1 Å². The van der Waals surface area contributed by atoms with Crippen LogP contribution in [0, 0.1) is 0 Å². The van der Waals surface area contributed by atoms with Crippen LogP contribution in [-0.4, -0.2) is 31.3 Å². The Morgan fingerprint density at radius 1 is 1.09 bits per heavy atom. The van der Waals surface area contributed by atoms with Gasteiger partial charge in [-0.1, -0.05) is 0 Å². The molecule has 0 radical (unpaired) electrons. The van der Waals surface area contributed by atoms with Crippen LogP contribution in [0.2, 0.25) is 0 Å². The summed E-state index contributed by atoms with van der Waals surface area (Å²) in [6, 6.07) is 0.383. The Balaban J connectivity index is 1.79. The van der Waals surface area contributed by atoms with Crippen LogP contribution in [-0.2, 0) is 19.3 Å². The number of hydrogen-bond donors (Lipinski definition) is 1. The molecule has 0 spiro atoms. The van der Waals surface area contributed by atoms with Crippen molar-refractivity contribution in [1.29, 1.82) is 0 Å². The van der Waals surface area contributed by atoms with Gasteiger partial charge in [0.1, 0.15) is 11.5 Å². The standard InChI is InChI=1S/C16H18F3NO2S/c17-16(18,19)23-15-11-4-7-21-13(11)12(8-9-2-1-5-20-9)10-3-6-22-14(10)15/h9,20H,1-8H2. The molecule has 3 heterocycles. The zero-order chi connectivity index (χ0) is 16.0. The van der Waals surface area contributed by atoms with Gasteiger partial charge >= 0.3 is 5.51 Å². The van der Waals surface area contributed by atoms with Crippen molar-refractivity contribution < 1.29 is 22.6 Å². The second-order valence-electron chi connectivity index (χ2n) is 6.17. The molecule has 0 saturated carbocycles. The van der Waals surface area contributed by atoms with E-state index < -0.39 is 5.51 Å². The lowest BCUT2D eigenvalue weighted by molar-refractivity contribution is -0.0329. The number of benzene rings is 1. The highest BCUT2D eigenvalue weighted by Gasteiger charge is 2.38. The summed E-state index contributed by atoms with van der Waals surface area (Å²) in [5, 5.41) is 3.46. The number of rotatable bonds is 3. The summed E-state index contributed by atoms with van der Waals surface area (Å²) in [5.74, 6) is 1.14. The Labute approximate surface area is 136 Å². The summed E-state index contributed by atoms with van der Waals surface area (Å²) in [4.78, 5) is 0.223. The third-order valence-electron chi connectivity index (χ3n) is 4.69. The SMILES string of the molecule is FC(F)(F)Sc1c2c(c(CC3CCCN3)c3c1OCC3)OCC2. The molecule has 126 valence electrons. The van der Waals surface area contributed by atoms with Crippen LogP contribution in [0.5, 0.6) is 11.5 Å². The Morgan fingerprint density at radius 2 is 1.83 bits per heavy atom. The molecule has 1 saturated heterocycles. The van der Waals surface area contributed by atoms with Crippen molar-refractivity contribution in [3.8, 4) is 11.5 Å². The van der Waals surface area contributed by atoms with Gasteiger partial charge in [0.25, 0.3) is 0 Å². The molecule has 0 aliphatic carbocycles. The summed E-state index contributed by atoms with van der Waals surface area (Å²) < 4.78 is 50.3. The Bertz CT molecular complexity index is 592. The van der Waals surface area contributed by atoms with Gasteiger partial charge < -0.3 is 14.8 Å². The van der Waals surface area contributed by atoms with Crippen LogP contribution in [0.1, 0.15) is 29.5 Å². The second kappa shape index (κ2) is 5.77. The first-order valence-corrected chi connectivity index (χ1v) is 8.80. The molecule has 1 fully saturated rings. The largest absolute Gasteiger partial charge is 0.493 e. The molecule has 3 nitrogen and oxygen atoms in total. The number of thioether (sulfide) groups is 1. The van der Waals surface area contributed by atoms with Gasteiger partial charge in [0.2, 0.25) is 0 Å². The minimum absolute atomic E-state index is 0.0577. The molecule has 1 atom stereocenters. The van der Waals surface area contributed by atoms with E-state index >= 15 is 0 Å². The molecule has 0 amide bonds. The molecule has 1 aromatic rings. The van der Waals surface area contributed by atoms with E-state index in [0.717, 1.165) is 36.9 Å². The van der Waals surface area contributed by atoms with Crippen molar-refractivity contribution in [1.82, 2.24) is 5.32 Å². The Kier molecular flexibility index (Phi) is 3.88. The van der Waals surface area contributed by atoms with Gasteiger partial charge in [-0.3, -0.25) is 0 Å². The van der Waals surface area contributed by atoms with Crippen molar-refractivity contribution in [2.45, 2.75) is 48.5 Å². The quantitative estimate of drug-likeness (QED) is 0.850. The third kappa shape index (κ3) is 2.89. The van der Waals surface area contributed by atoms with E-state index in [1.807, 2.05) is 0 Å². The Morgan fingerprint density at radius 3 is 2.52 bits per heavy atom. The monoisotopic (exact) mass is 345 g/mol. The second-order valence-corrected chi connectivity index (χ2v) is 7.24. The zero-order valence-corrected chi connectivity index (χ0v) is 13.4. The number of nitrogens with one attached hydrogen (secondary N) is 1. The molecule has 3 aliphatic heterocycles. The smallest absolute Gasteiger partial charge is 0.446 e. The van der Waals surface area contributed by atoms with Crippen LogP contribution < -0.4 is 14.8 Å². The number of halogens is 3. The van der Waals surface area contributed by atoms with Crippen molar-refractivity contribution in [3.05, 3.63) is 16.7 Å². The van der Waals surface area contributed by atoms with E-state index in [1.54, 1.807) is 0 Å². The van der Waals surface area contributed by atoms with Crippen molar-refractivity contribution >= 4 is 11.8 Å². The van der Waals surface area contributed by atoms with Crippen LogP contribution in [0.25, 0.3) is 0 Å². The van der Waals surface area contributed by atoms with E-state index in [2.05, 4.69) is 5.32 Å². The number of alkyl halides is 3. The van der Waals surface area contributed by atoms with Gasteiger partial charge in [-0.15, -0.1) is 0 Å². The number of ether oxygens (including phenoxy) is 2. The van der Waals surface area contributed by atoms with Crippen molar-refractivity contribution in [2.75, 3.05) is 19.8 Å². The summed E-state index contributed by atoms with van der Waals surface area (Å²) in [7, 11) is 0. The lowest BCUT2D eigenvalue weighted by Gasteiger charge is -2.20. The van der Waals surface area contributed by atoms with Crippen LogP contribution in [0.3, 0.4) is 0 Å². The van der Waals surface area contributed by atoms with Gasteiger partial charge in [0, 0.05) is 35.6 Å². The van der Waals surface area contributed by atoms with E-state index in [-0.39, 0.29) is 16.7 Å². The van der Waals surface area contributed by atoms with E-state index in [9.17, 15) is 13.2 Å². The fraction of sp³-hybridized carbons (Fsp3) is 0.625. The summed E-state index contributed by atoms with van der Waals surface area (Å²) in [6.45, 7) is 1.91. The maximum atomic E-state index is 13.0. The van der Waals surface area contributed by atoms with E-state index in [4.69, 9.17) is 9.47 Å². The minimum Gasteiger partial charge on any atom is -0.493 e. The average Bonchev–Trinajstić information content (AvgIpc) is 3.20. The molecule has 7 heteroatoms. The first-order valence-electron chi connectivity index (χ1n) is 7.98. The molecule has 23 heavy (non-hydrogen) atoms.